The molecule has 6 heterocycles. The molecule has 1 N–H and O–H groups in total. The van der Waals surface area contributed by atoms with Crippen LogP contribution in [0.2, 0.25) is 0 Å². The molecule has 0 aliphatic carbocycles. The van der Waals surface area contributed by atoms with Gasteiger partial charge in [-0.25, -0.2) is 4.39 Å². The number of halogens is 1. The molecular weight excluding hydrogens is 515 g/mol. The molecule has 4 aliphatic heterocycles. The summed E-state index contributed by atoms with van der Waals surface area (Å²) in [6.45, 7) is 4.39. The van der Waals surface area contributed by atoms with E-state index in [1.165, 1.54) is 12.8 Å². The Morgan fingerprint density at radius 3 is 2.56 bits per heavy atom. The monoisotopic (exact) mass is 548 g/mol. The van der Waals surface area contributed by atoms with Crippen molar-refractivity contribution in [1.29, 1.82) is 0 Å². The van der Waals surface area contributed by atoms with Gasteiger partial charge in [-0.3, -0.25) is 9.88 Å². The van der Waals surface area contributed by atoms with E-state index in [9.17, 15) is 0 Å². The maximum atomic E-state index is 16.7. The standard InChI is InChI=1S/C33H33FN6O/c1-2-21-7-3-8-22-9-4-10-25(27(21)22)29-28(34)30-26(17-35-29)31(39-18-23-11-12-24(19-39)36-23)38-32(37-30)41-20-33-13-5-15-40(33)16-6-14-33/h1,3-4,7-10,17,23-24,36H,5-6,11-16,18-20H2. The van der Waals surface area contributed by atoms with E-state index >= 15 is 4.39 Å². The second-order valence-electron chi connectivity index (χ2n) is 12.1. The van der Waals surface area contributed by atoms with Crippen LogP contribution in [-0.2, 0) is 0 Å². The lowest BCUT2D eigenvalue weighted by molar-refractivity contribution is 0.108. The summed E-state index contributed by atoms with van der Waals surface area (Å²) in [5, 5.41) is 6.05. The molecule has 0 amide bonds. The molecule has 2 bridgehead atoms. The maximum absolute atomic E-state index is 16.7. The van der Waals surface area contributed by atoms with E-state index < -0.39 is 5.82 Å². The number of aromatic nitrogens is 3. The molecule has 2 unspecified atom stereocenters. The van der Waals surface area contributed by atoms with Crippen LogP contribution in [0, 0.1) is 18.2 Å². The fourth-order valence-corrected chi connectivity index (χ4v) is 7.80. The van der Waals surface area contributed by atoms with Gasteiger partial charge in [-0.05, 0) is 63.1 Å². The number of anilines is 1. The van der Waals surface area contributed by atoms with Gasteiger partial charge in [-0.15, -0.1) is 6.42 Å². The summed E-state index contributed by atoms with van der Waals surface area (Å²) in [5.41, 5.74) is 1.88. The number of ether oxygens (including phenoxy) is 1. The van der Waals surface area contributed by atoms with Crippen LogP contribution < -0.4 is 15.0 Å². The summed E-state index contributed by atoms with van der Waals surface area (Å²) >= 11 is 0. The Morgan fingerprint density at radius 2 is 1.80 bits per heavy atom. The predicted molar refractivity (Wildman–Crippen MR) is 159 cm³/mol. The van der Waals surface area contributed by atoms with Crippen LogP contribution in [0.1, 0.15) is 44.1 Å². The Labute approximate surface area is 239 Å². The molecule has 8 heteroatoms. The summed E-state index contributed by atoms with van der Waals surface area (Å²) in [4.78, 5) is 19.1. The lowest BCUT2D eigenvalue weighted by atomic mass is 9.95. The molecule has 4 aromatic rings. The van der Waals surface area contributed by atoms with Crippen molar-refractivity contribution in [2.24, 2.45) is 0 Å². The highest BCUT2D eigenvalue weighted by molar-refractivity contribution is 6.02. The first kappa shape index (κ1) is 25.0. The van der Waals surface area contributed by atoms with E-state index in [4.69, 9.17) is 21.1 Å². The number of hydrogen-bond donors (Lipinski definition) is 1. The van der Waals surface area contributed by atoms with Gasteiger partial charge in [0.1, 0.15) is 23.6 Å². The van der Waals surface area contributed by atoms with Crippen molar-refractivity contribution >= 4 is 27.5 Å². The molecule has 4 saturated heterocycles. The fraction of sp³-hybridized carbons (Fsp3) is 0.424. The zero-order chi connectivity index (χ0) is 27.6. The number of benzene rings is 2. The molecule has 2 atom stereocenters. The number of terminal acetylenes is 1. The molecule has 2 aromatic heterocycles. The van der Waals surface area contributed by atoms with Crippen LogP contribution in [0.3, 0.4) is 0 Å². The summed E-state index contributed by atoms with van der Waals surface area (Å²) in [5.74, 6) is 2.99. The average molecular weight is 549 g/mol. The van der Waals surface area contributed by atoms with Crippen molar-refractivity contribution in [2.75, 3.05) is 37.7 Å². The highest BCUT2D eigenvalue weighted by Crippen LogP contribution is 2.40. The number of piperazine rings is 1. The first-order valence-corrected chi connectivity index (χ1v) is 14.9. The van der Waals surface area contributed by atoms with Crippen LogP contribution in [0.25, 0.3) is 32.9 Å². The Bertz CT molecular complexity index is 1690. The summed E-state index contributed by atoms with van der Waals surface area (Å²) < 4.78 is 23.1. The summed E-state index contributed by atoms with van der Waals surface area (Å²) in [6, 6.07) is 12.6. The molecule has 208 valence electrons. The van der Waals surface area contributed by atoms with Crippen LogP contribution in [-0.4, -0.2) is 70.3 Å². The second-order valence-corrected chi connectivity index (χ2v) is 12.1. The number of nitrogens with one attached hydrogen (secondary N) is 1. The van der Waals surface area contributed by atoms with Gasteiger partial charge >= 0.3 is 6.01 Å². The van der Waals surface area contributed by atoms with E-state index in [1.54, 1.807) is 6.20 Å². The molecular formula is C33H33FN6O. The van der Waals surface area contributed by atoms with E-state index in [0.717, 1.165) is 62.6 Å². The fourth-order valence-electron chi connectivity index (χ4n) is 7.80. The molecule has 2 aromatic carbocycles. The summed E-state index contributed by atoms with van der Waals surface area (Å²) in [7, 11) is 0. The van der Waals surface area contributed by atoms with Crippen LogP contribution in [0.15, 0.2) is 42.6 Å². The Hall–Kier alpha value is -3.80. The van der Waals surface area contributed by atoms with Crippen molar-refractivity contribution in [2.45, 2.75) is 56.1 Å². The quantitative estimate of drug-likeness (QED) is 0.356. The lowest BCUT2D eigenvalue weighted by Gasteiger charge is -2.34. The van der Waals surface area contributed by atoms with Gasteiger partial charge in [-0.2, -0.15) is 9.97 Å². The zero-order valence-corrected chi connectivity index (χ0v) is 23.1. The van der Waals surface area contributed by atoms with Crippen LogP contribution >= 0.6 is 0 Å². The second kappa shape index (κ2) is 9.64. The Morgan fingerprint density at radius 1 is 1.05 bits per heavy atom. The van der Waals surface area contributed by atoms with Crippen LogP contribution in [0.5, 0.6) is 6.01 Å². The number of rotatable bonds is 5. The molecule has 0 spiro atoms. The Balaban J connectivity index is 1.26. The van der Waals surface area contributed by atoms with Gasteiger partial charge in [0.15, 0.2) is 5.82 Å². The van der Waals surface area contributed by atoms with Crippen molar-refractivity contribution in [3.8, 4) is 29.6 Å². The summed E-state index contributed by atoms with van der Waals surface area (Å²) in [6.07, 6.45) is 14.5. The third-order valence-corrected chi connectivity index (χ3v) is 9.76. The maximum Gasteiger partial charge on any atom is 0.319 e. The largest absolute Gasteiger partial charge is 0.461 e. The first-order valence-electron chi connectivity index (χ1n) is 14.9. The van der Waals surface area contributed by atoms with Crippen molar-refractivity contribution in [3.05, 3.63) is 54.0 Å². The van der Waals surface area contributed by atoms with Crippen molar-refractivity contribution in [1.82, 2.24) is 25.2 Å². The minimum atomic E-state index is -0.477. The van der Waals surface area contributed by atoms with Gasteiger partial charge < -0.3 is 15.0 Å². The van der Waals surface area contributed by atoms with Gasteiger partial charge in [0, 0.05) is 47.9 Å². The SMILES string of the molecule is C#Cc1cccc2cccc(-c3ncc4c(N5CC6CCC(C5)N6)nc(OCC56CCCN5CCC6)nc4c3F)c12. The molecule has 4 fully saturated rings. The minimum Gasteiger partial charge on any atom is -0.461 e. The van der Waals surface area contributed by atoms with Crippen LogP contribution in [0.4, 0.5) is 10.2 Å². The topological polar surface area (TPSA) is 66.4 Å². The molecule has 41 heavy (non-hydrogen) atoms. The van der Waals surface area contributed by atoms with E-state index in [1.807, 2.05) is 36.4 Å². The third kappa shape index (κ3) is 4.05. The van der Waals surface area contributed by atoms with Gasteiger partial charge in [0.05, 0.1) is 10.9 Å². The first-order chi connectivity index (χ1) is 20.1. The molecule has 4 aliphatic rings. The minimum absolute atomic E-state index is 0.0448. The van der Waals surface area contributed by atoms with Crippen molar-refractivity contribution < 1.29 is 9.13 Å². The molecule has 8 rings (SSSR count). The molecule has 0 saturated carbocycles. The lowest BCUT2D eigenvalue weighted by Crippen LogP contribution is -2.51. The van der Waals surface area contributed by atoms with Crippen molar-refractivity contribution in [3.63, 3.8) is 0 Å². The van der Waals surface area contributed by atoms with E-state index in [2.05, 4.69) is 26.0 Å². The number of hydrogen-bond acceptors (Lipinski definition) is 7. The zero-order valence-electron chi connectivity index (χ0n) is 23.1. The highest BCUT2D eigenvalue weighted by atomic mass is 19.1. The van der Waals surface area contributed by atoms with Gasteiger partial charge in [0.25, 0.3) is 0 Å². The number of nitrogens with zero attached hydrogens (tertiary/aromatic N) is 5. The normalized spacial score (nSPS) is 23.3. The number of fused-ring (bicyclic) bond motifs is 5. The predicted octanol–water partition coefficient (Wildman–Crippen LogP) is 4.91. The van der Waals surface area contributed by atoms with E-state index in [-0.39, 0.29) is 22.8 Å². The number of pyridine rings is 1. The van der Waals surface area contributed by atoms with Gasteiger partial charge in [-0.1, -0.05) is 36.3 Å². The average Bonchev–Trinajstić information content (AvgIpc) is 3.69. The smallest absolute Gasteiger partial charge is 0.319 e. The molecule has 7 nitrogen and oxygen atoms in total. The van der Waals surface area contributed by atoms with E-state index in [0.29, 0.717) is 41.0 Å². The third-order valence-electron chi connectivity index (χ3n) is 9.76. The highest BCUT2D eigenvalue weighted by Gasteiger charge is 2.45. The Kier molecular flexibility index (Phi) is 5.87. The van der Waals surface area contributed by atoms with Gasteiger partial charge in [0.2, 0.25) is 0 Å². The molecule has 0 radical (unpaired) electrons.